The van der Waals surface area contributed by atoms with Gasteiger partial charge in [0.25, 0.3) is 0 Å². The number of aryl methyl sites for hydroxylation is 1. The van der Waals surface area contributed by atoms with E-state index in [4.69, 9.17) is 5.73 Å². The highest BCUT2D eigenvalue weighted by atomic mass is 19.1. The first-order chi connectivity index (χ1) is 7.59. The predicted octanol–water partition coefficient (Wildman–Crippen LogP) is 2.34. The van der Waals surface area contributed by atoms with Crippen LogP contribution < -0.4 is 5.73 Å². The lowest BCUT2D eigenvalue weighted by molar-refractivity contribution is 0.611. The number of rotatable bonds is 2. The molecule has 1 heterocycles. The molecule has 2 N–H and O–H groups in total. The number of hydrogen-bond acceptors (Lipinski definition) is 2. The zero-order valence-electron chi connectivity index (χ0n) is 9.31. The molecule has 0 aliphatic carbocycles. The fourth-order valence-electron chi connectivity index (χ4n) is 1.63. The summed E-state index contributed by atoms with van der Waals surface area (Å²) in [6, 6.07) is 4.87. The average Bonchev–Trinajstić information content (AvgIpc) is 2.64. The van der Waals surface area contributed by atoms with E-state index in [0.29, 0.717) is 5.69 Å². The van der Waals surface area contributed by atoms with E-state index in [1.165, 1.54) is 6.07 Å². The molecule has 2 aromatic rings. The van der Waals surface area contributed by atoms with Gasteiger partial charge in [-0.2, -0.15) is 0 Å². The fraction of sp³-hybridized carbons (Fsp3) is 0.250. The lowest BCUT2D eigenvalue weighted by Gasteiger charge is -2.10. The Morgan fingerprint density at radius 3 is 2.69 bits per heavy atom. The van der Waals surface area contributed by atoms with Crippen molar-refractivity contribution in [1.82, 2.24) is 9.55 Å². The van der Waals surface area contributed by atoms with Gasteiger partial charge in [0.2, 0.25) is 0 Å². The molecule has 16 heavy (non-hydrogen) atoms. The molecule has 0 spiro atoms. The number of nitrogens with two attached hydrogens (primary N) is 1. The van der Waals surface area contributed by atoms with Gasteiger partial charge in [0, 0.05) is 18.4 Å². The largest absolute Gasteiger partial charge is 0.324 e. The molecule has 0 fully saturated rings. The van der Waals surface area contributed by atoms with Crippen LogP contribution in [0.15, 0.2) is 30.6 Å². The van der Waals surface area contributed by atoms with Gasteiger partial charge in [-0.15, -0.1) is 0 Å². The van der Waals surface area contributed by atoms with Crippen LogP contribution in [-0.4, -0.2) is 9.55 Å². The van der Waals surface area contributed by atoms with Crippen molar-refractivity contribution >= 4 is 0 Å². The minimum atomic E-state index is -0.282. The van der Waals surface area contributed by atoms with Gasteiger partial charge >= 0.3 is 0 Å². The van der Waals surface area contributed by atoms with E-state index in [2.05, 4.69) is 4.98 Å². The minimum absolute atomic E-state index is 0.160. The molecule has 0 aliphatic heterocycles. The van der Waals surface area contributed by atoms with Gasteiger partial charge in [-0.25, -0.2) is 9.37 Å². The van der Waals surface area contributed by atoms with Crippen LogP contribution in [0.4, 0.5) is 4.39 Å². The molecule has 0 radical (unpaired) electrons. The van der Waals surface area contributed by atoms with Crippen LogP contribution in [0.5, 0.6) is 0 Å². The predicted molar refractivity (Wildman–Crippen MR) is 60.9 cm³/mol. The second kappa shape index (κ2) is 4.06. The van der Waals surface area contributed by atoms with Gasteiger partial charge in [0.05, 0.1) is 5.69 Å². The molecular weight excluding hydrogens is 205 g/mol. The highest BCUT2D eigenvalue weighted by Crippen LogP contribution is 2.19. The van der Waals surface area contributed by atoms with Crippen LogP contribution in [0.1, 0.15) is 24.4 Å². The molecule has 84 valence electrons. The zero-order chi connectivity index (χ0) is 11.7. The van der Waals surface area contributed by atoms with Crippen molar-refractivity contribution in [3.8, 4) is 5.69 Å². The smallest absolute Gasteiger partial charge is 0.147 e. The Kier molecular flexibility index (Phi) is 2.75. The molecule has 0 bridgehead atoms. The maximum Gasteiger partial charge on any atom is 0.147 e. The second-order valence-corrected chi connectivity index (χ2v) is 3.84. The third kappa shape index (κ3) is 1.84. The summed E-state index contributed by atoms with van der Waals surface area (Å²) >= 11 is 0. The highest BCUT2D eigenvalue weighted by molar-refractivity contribution is 5.38. The van der Waals surface area contributed by atoms with Crippen LogP contribution in [0, 0.1) is 12.7 Å². The van der Waals surface area contributed by atoms with Crippen molar-refractivity contribution in [2.75, 3.05) is 0 Å². The van der Waals surface area contributed by atoms with Crippen LogP contribution in [0.25, 0.3) is 5.69 Å². The molecule has 0 aliphatic rings. The van der Waals surface area contributed by atoms with E-state index in [9.17, 15) is 4.39 Å². The first kappa shape index (κ1) is 10.8. The SMILES string of the molecule is Cc1nccn1-c1ccc(C(C)N)cc1F. The summed E-state index contributed by atoms with van der Waals surface area (Å²) in [5.74, 6) is 0.475. The standard InChI is InChI=1S/C12H14FN3/c1-8(14)10-3-4-12(11(13)7-10)16-6-5-15-9(16)2/h3-8H,14H2,1-2H3. The van der Waals surface area contributed by atoms with Gasteiger partial charge < -0.3 is 10.3 Å². The van der Waals surface area contributed by atoms with E-state index >= 15 is 0 Å². The maximum absolute atomic E-state index is 13.8. The van der Waals surface area contributed by atoms with Crippen LogP contribution in [0.2, 0.25) is 0 Å². The first-order valence-corrected chi connectivity index (χ1v) is 5.15. The quantitative estimate of drug-likeness (QED) is 0.842. The molecule has 1 aromatic carbocycles. The summed E-state index contributed by atoms with van der Waals surface area (Å²) in [4.78, 5) is 4.06. The first-order valence-electron chi connectivity index (χ1n) is 5.15. The number of halogens is 1. The molecular formula is C12H14FN3. The van der Waals surface area contributed by atoms with Crippen molar-refractivity contribution < 1.29 is 4.39 Å². The summed E-state index contributed by atoms with van der Waals surface area (Å²) in [7, 11) is 0. The Balaban J connectivity index is 2.48. The minimum Gasteiger partial charge on any atom is -0.324 e. The molecule has 1 aromatic heterocycles. The Hall–Kier alpha value is -1.68. The second-order valence-electron chi connectivity index (χ2n) is 3.84. The molecule has 0 amide bonds. The Morgan fingerprint density at radius 1 is 1.44 bits per heavy atom. The summed E-state index contributed by atoms with van der Waals surface area (Å²) in [5.41, 5.74) is 6.99. The van der Waals surface area contributed by atoms with E-state index in [0.717, 1.165) is 11.4 Å². The zero-order valence-corrected chi connectivity index (χ0v) is 9.31. The van der Waals surface area contributed by atoms with Gasteiger partial charge in [-0.05, 0) is 31.5 Å². The molecule has 1 unspecified atom stereocenters. The van der Waals surface area contributed by atoms with Gasteiger partial charge in [0.1, 0.15) is 11.6 Å². The summed E-state index contributed by atoms with van der Waals surface area (Å²) in [6.45, 7) is 3.66. The van der Waals surface area contributed by atoms with Gasteiger partial charge in [-0.1, -0.05) is 6.07 Å². The summed E-state index contributed by atoms with van der Waals surface area (Å²) < 4.78 is 15.6. The van der Waals surface area contributed by atoms with Crippen molar-refractivity contribution in [2.24, 2.45) is 5.73 Å². The Morgan fingerprint density at radius 2 is 2.19 bits per heavy atom. The van der Waals surface area contributed by atoms with Crippen molar-refractivity contribution in [3.05, 3.63) is 47.8 Å². The van der Waals surface area contributed by atoms with E-state index in [1.807, 2.05) is 19.9 Å². The van der Waals surface area contributed by atoms with E-state index < -0.39 is 0 Å². The van der Waals surface area contributed by atoms with Crippen molar-refractivity contribution in [2.45, 2.75) is 19.9 Å². The van der Waals surface area contributed by atoms with Crippen molar-refractivity contribution in [1.29, 1.82) is 0 Å². The van der Waals surface area contributed by atoms with Crippen LogP contribution >= 0.6 is 0 Å². The lowest BCUT2D eigenvalue weighted by Crippen LogP contribution is -2.07. The Bertz CT molecular complexity index is 503. The van der Waals surface area contributed by atoms with Crippen molar-refractivity contribution in [3.63, 3.8) is 0 Å². The fourth-order valence-corrected chi connectivity index (χ4v) is 1.63. The normalized spacial score (nSPS) is 12.8. The molecule has 0 saturated heterocycles. The van der Waals surface area contributed by atoms with Crippen LogP contribution in [-0.2, 0) is 0 Å². The number of hydrogen-bond donors (Lipinski definition) is 1. The van der Waals surface area contributed by atoms with E-state index in [-0.39, 0.29) is 11.9 Å². The molecule has 2 rings (SSSR count). The average molecular weight is 219 g/mol. The number of nitrogens with zero attached hydrogens (tertiary/aromatic N) is 2. The lowest BCUT2D eigenvalue weighted by atomic mass is 10.1. The molecule has 3 nitrogen and oxygen atoms in total. The van der Waals surface area contributed by atoms with Gasteiger partial charge in [0.15, 0.2) is 0 Å². The third-order valence-electron chi connectivity index (χ3n) is 2.58. The number of benzene rings is 1. The molecule has 0 saturated carbocycles. The number of aromatic nitrogens is 2. The molecule has 1 atom stereocenters. The summed E-state index contributed by atoms with van der Waals surface area (Å²) in [5, 5.41) is 0. The highest BCUT2D eigenvalue weighted by Gasteiger charge is 2.09. The maximum atomic E-state index is 13.8. The molecule has 4 heteroatoms. The van der Waals surface area contributed by atoms with Crippen LogP contribution in [0.3, 0.4) is 0 Å². The Labute approximate surface area is 93.7 Å². The summed E-state index contributed by atoms with van der Waals surface area (Å²) in [6.07, 6.45) is 3.38. The van der Waals surface area contributed by atoms with Gasteiger partial charge in [-0.3, -0.25) is 0 Å². The van der Waals surface area contributed by atoms with E-state index in [1.54, 1.807) is 23.0 Å². The topological polar surface area (TPSA) is 43.8 Å². The number of imidazole rings is 1. The third-order valence-corrected chi connectivity index (χ3v) is 2.58. The monoisotopic (exact) mass is 219 g/mol.